The van der Waals surface area contributed by atoms with E-state index in [1.165, 1.54) is 11.8 Å². The van der Waals surface area contributed by atoms with E-state index in [9.17, 15) is 9.59 Å². The molecule has 0 aromatic carbocycles. The van der Waals surface area contributed by atoms with Crippen molar-refractivity contribution in [3.05, 3.63) is 21.1 Å². The van der Waals surface area contributed by atoms with Crippen LogP contribution in [-0.4, -0.2) is 15.9 Å². The number of nitrogens with zero attached hydrogens (tertiary/aromatic N) is 1. The molecule has 78 valence electrons. The van der Waals surface area contributed by atoms with Gasteiger partial charge in [-0.15, -0.1) is 0 Å². The molecular weight excluding hydrogens is 249 g/mol. The number of rotatable bonds is 3. The van der Waals surface area contributed by atoms with Gasteiger partial charge < -0.3 is 4.52 Å². The Labute approximate surface area is 94.1 Å². The standard InChI is InChI=1S/C7H7Cl2NO3S/c1-2-14-3-4-5(8)6(11)10(13-4)7(9)12/h2-3H2,1H3. The summed E-state index contributed by atoms with van der Waals surface area (Å²) in [5.41, 5.74) is -0.710. The zero-order valence-electron chi connectivity index (χ0n) is 7.25. The maximum absolute atomic E-state index is 11.2. The van der Waals surface area contributed by atoms with Crippen LogP contribution >= 0.6 is 35.0 Å². The van der Waals surface area contributed by atoms with Crippen molar-refractivity contribution < 1.29 is 9.32 Å². The lowest BCUT2D eigenvalue weighted by Gasteiger charge is -1.92. The molecule has 0 saturated carbocycles. The molecule has 1 heterocycles. The number of carbonyl (C=O) groups is 1. The Morgan fingerprint density at radius 1 is 1.64 bits per heavy atom. The summed E-state index contributed by atoms with van der Waals surface area (Å²) in [5, 5.41) is -1.08. The maximum atomic E-state index is 11.2. The van der Waals surface area contributed by atoms with Crippen molar-refractivity contribution in [1.29, 1.82) is 0 Å². The highest BCUT2D eigenvalue weighted by Gasteiger charge is 2.17. The summed E-state index contributed by atoms with van der Waals surface area (Å²) < 4.78 is 5.32. The maximum Gasteiger partial charge on any atom is 0.357 e. The van der Waals surface area contributed by atoms with E-state index in [0.717, 1.165) is 5.75 Å². The average Bonchev–Trinajstić information content (AvgIpc) is 2.42. The molecule has 0 amide bonds. The monoisotopic (exact) mass is 255 g/mol. The molecule has 0 unspecified atom stereocenters. The van der Waals surface area contributed by atoms with Gasteiger partial charge in [0.05, 0.1) is 5.75 Å². The lowest BCUT2D eigenvalue weighted by molar-refractivity contribution is 0.226. The van der Waals surface area contributed by atoms with E-state index in [0.29, 0.717) is 10.5 Å². The molecule has 0 bridgehead atoms. The Morgan fingerprint density at radius 2 is 2.29 bits per heavy atom. The number of hydrogen-bond acceptors (Lipinski definition) is 4. The van der Waals surface area contributed by atoms with Gasteiger partial charge in [0.1, 0.15) is 0 Å². The van der Waals surface area contributed by atoms with Crippen molar-refractivity contribution >= 4 is 40.3 Å². The van der Waals surface area contributed by atoms with Crippen molar-refractivity contribution in [2.75, 3.05) is 5.75 Å². The molecule has 0 aliphatic rings. The molecule has 0 aliphatic heterocycles. The van der Waals surface area contributed by atoms with Gasteiger partial charge in [0.2, 0.25) is 0 Å². The molecule has 0 atom stereocenters. The minimum absolute atomic E-state index is 0.0834. The van der Waals surface area contributed by atoms with Crippen LogP contribution in [0.1, 0.15) is 12.7 Å². The van der Waals surface area contributed by atoms with Crippen molar-refractivity contribution in [3.8, 4) is 0 Å². The summed E-state index contributed by atoms with van der Waals surface area (Å²) in [6, 6.07) is 0. The van der Waals surface area contributed by atoms with Gasteiger partial charge in [-0.2, -0.15) is 11.8 Å². The fourth-order valence-corrected chi connectivity index (χ4v) is 1.76. The van der Waals surface area contributed by atoms with E-state index in [-0.39, 0.29) is 10.8 Å². The van der Waals surface area contributed by atoms with E-state index in [1.54, 1.807) is 0 Å². The number of thioether (sulfide) groups is 1. The molecule has 0 spiro atoms. The first-order valence-electron chi connectivity index (χ1n) is 3.76. The minimum Gasteiger partial charge on any atom is -0.369 e. The normalized spacial score (nSPS) is 10.5. The third kappa shape index (κ3) is 2.34. The van der Waals surface area contributed by atoms with Crippen molar-refractivity contribution in [1.82, 2.24) is 4.74 Å². The third-order valence-electron chi connectivity index (χ3n) is 1.42. The Bertz CT molecular complexity index is 398. The summed E-state index contributed by atoms with van der Waals surface area (Å²) in [6.45, 7) is 1.96. The predicted octanol–water partition coefficient (Wildman–Crippen LogP) is 2.55. The second-order valence-electron chi connectivity index (χ2n) is 2.32. The number of aromatic nitrogens is 1. The molecule has 1 aromatic heterocycles. The fraction of sp³-hybridized carbons (Fsp3) is 0.429. The van der Waals surface area contributed by atoms with Crippen molar-refractivity contribution in [2.24, 2.45) is 0 Å². The van der Waals surface area contributed by atoms with Crippen LogP contribution in [0.2, 0.25) is 5.02 Å². The molecule has 0 N–H and O–H groups in total. The molecule has 0 saturated heterocycles. The van der Waals surface area contributed by atoms with Crippen molar-refractivity contribution in [2.45, 2.75) is 12.7 Å². The lowest BCUT2D eigenvalue weighted by Crippen LogP contribution is -2.17. The summed E-state index contributed by atoms with van der Waals surface area (Å²) in [5.74, 6) is 1.58. The first-order valence-corrected chi connectivity index (χ1v) is 5.67. The molecule has 1 rings (SSSR count). The van der Waals surface area contributed by atoms with Crippen LogP contribution in [0.3, 0.4) is 0 Å². The first kappa shape index (κ1) is 11.7. The second-order valence-corrected chi connectivity index (χ2v) is 4.29. The highest BCUT2D eigenvalue weighted by molar-refractivity contribution is 7.98. The summed E-state index contributed by atoms with van der Waals surface area (Å²) in [6.07, 6.45) is 0. The highest BCUT2D eigenvalue weighted by Crippen LogP contribution is 2.18. The molecule has 4 nitrogen and oxygen atoms in total. The molecular formula is C7H7Cl2NO3S. The van der Waals surface area contributed by atoms with E-state index in [4.69, 9.17) is 27.7 Å². The van der Waals surface area contributed by atoms with E-state index < -0.39 is 10.9 Å². The average molecular weight is 256 g/mol. The number of hydrogen-bond donors (Lipinski definition) is 0. The predicted molar refractivity (Wildman–Crippen MR) is 56.5 cm³/mol. The lowest BCUT2D eigenvalue weighted by atomic mass is 10.5. The third-order valence-corrected chi connectivity index (χ3v) is 2.82. The Balaban J connectivity index is 3.03. The molecule has 0 aliphatic carbocycles. The molecule has 7 heteroatoms. The van der Waals surface area contributed by atoms with Gasteiger partial charge in [0.25, 0.3) is 0 Å². The summed E-state index contributed by atoms with van der Waals surface area (Å²) >= 11 is 12.3. The van der Waals surface area contributed by atoms with E-state index >= 15 is 0 Å². The van der Waals surface area contributed by atoms with Gasteiger partial charge in [-0.25, -0.2) is 0 Å². The molecule has 1 aromatic rings. The fourth-order valence-electron chi connectivity index (χ4n) is 0.800. The Morgan fingerprint density at radius 3 is 2.71 bits per heavy atom. The van der Waals surface area contributed by atoms with Crippen LogP contribution in [-0.2, 0) is 5.75 Å². The van der Waals surface area contributed by atoms with Crippen LogP contribution < -0.4 is 5.56 Å². The van der Waals surface area contributed by atoms with Gasteiger partial charge >= 0.3 is 10.9 Å². The smallest absolute Gasteiger partial charge is 0.357 e. The molecule has 0 fully saturated rings. The highest BCUT2D eigenvalue weighted by atomic mass is 35.5. The SMILES string of the molecule is CCSCc1on(C(=O)Cl)c(=O)c1Cl. The second kappa shape index (κ2) is 4.91. The van der Waals surface area contributed by atoms with Crippen LogP contribution in [0.5, 0.6) is 0 Å². The molecule has 0 radical (unpaired) electrons. The Hall–Kier alpha value is -0.390. The van der Waals surface area contributed by atoms with Crippen molar-refractivity contribution in [3.63, 3.8) is 0 Å². The minimum atomic E-state index is -0.996. The number of halogens is 2. The largest absolute Gasteiger partial charge is 0.369 e. The van der Waals surface area contributed by atoms with Gasteiger partial charge in [-0.3, -0.25) is 9.59 Å². The van der Waals surface area contributed by atoms with Gasteiger partial charge in [0.15, 0.2) is 10.8 Å². The van der Waals surface area contributed by atoms with Gasteiger partial charge in [-0.05, 0) is 17.4 Å². The molecule has 14 heavy (non-hydrogen) atoms. The van der Waals surface area contributed by atoms with Gasteiger partial charge in [-0.1, -0.05) is 23.3 Å². The summed E-state index contributed by atoms with van der Waals surface area (Å²) in [4.78, 5) is 21.9. The van der Waals surface area contributed by atoms with Crippen LogP contribution in [0.15, 0.2) is 9.32 Å². The van der Waals surface area contributed by atoms with Crippen LogP contribution in [0.4, 0.5) is 4.79 Å². The Kier molecular flexibility index (Phi) is 4.10. The first-order chi connectivity index (χ1) is 6.57. The topological polar surface area (TPSA) is 52.2 Å². The van der Waals surface area contributed by atoms with Crippen LogP contribution in [0.25, 0.3) is 0 Å². The van der Waals surface area contributed by atoms with E-state index in [1.807, 2.05) is 6.92 Å². The zero-order chi connectivity index (χ0) is 10.7. The number of carbonyl (C=O) groups excluding carboxylic acids is 1. The zero-order valence-corrected chi connectivity index (χ0v) is 9.58. The van der Waals surface area contributed by atoms with E-state index in [2.05, 4.69) is 0 Å². The van der Waals surface area contributed by atoms with Crippen LogP contribution in [0, 0.1) is 0 Å². The quantitative estimate of drug-likeness (QED) is 0.780. The summed E-state index contributed by atoms with van der Waals surface area (Å²) in [7, 11) is 0. The van der Waals surface area contributed by atoms with Gasteiger partial charge in [0, 0.05) is 0 Å².